The maximum Gasteiger partial charge on any atom is 0.312 e. The predicted molar refractivity (Wildman–Crippen MR) is 80.5 cm³/mol. The van der Waals surface area contributed by atoms with Gasteiger partial charge in [0.2, 0.25) is 5.75 Å². The molecule has 0 radical (unpaired) electrons. The third-order valence-electron chi connectivity index (χ3n) is 3.02. The minimum atomic E-state index is -0.621. The number of para-hydroxylation sites is 1. The summed E-state index contributed by atoms with van der Waals surface area (Å²) in [5, 5.41) is 23.3. The third kappa shape index (κ3) is 4.88. The van der Waals surface area contributed by atoms with E-state index in [1.807, 2.05) is 13.8 Å². The van der Waals surface area contributed by atoms with Gasteiger partial charge in [0.1, 0.15) is 5.54 Å². The number of nitriles is 1. The molecule has 0 aliphatic carbocycles. The Labute approximate surface area is 128 Å². The second kappa shape index (κ2) is 7.81. The lowest BCUT2D eigenvalue weighted by molar-refractivity contribution is -0.385. The highest BCUT2D eigenvalue weighted by molar-refractivity contribution is 6.32. The standard InChI is InChI=1S/C14H18ClN3O3/c1-3-17-14(2,10-16)8-5-9-21-13-11(15)6-4-7-12(13)18(19)20/h4,6-7,17H,3,5,8-9H2,1-2H3. The minimum absolute atomic E-state index is 0.0753. The zero-order valence-electron chi connectivity index (χ0n) is 12.1. The smallest absolute Gasteiger partial charge is 0.312 e. The van der Waals surface area contributed by atoms with E-state index in [0.29, 0.717) is 19.4 Å². The number of halogens is 1. The van der Waals surface area contributed by atoms with E-state index in [1.54, 1.807) is 6.07 Å². The van der Waals surface area contributed by atoms with Crippen LogP contribution >= 0.6 is 11.6 Å². The van der Waals surface area contributed by atoms with Gasteiger partial charge < -0.3 is 4.74 Å². The highest BCUT2D eigenvalue weighted by Crippen LogP contribution is 2.34. The molecule has 0 saturated heterocycles. The fraction of sp³-hybridized carbons (Fsp3) is 0.500. The van der Waals surface area contributed by atoms with Gasteiger partial charge >= 0.3 is 5.69 Å². The Morgan fingerprint density at radius 3 is 2.86 bits per heavy atom. The molecule has 0 amide bonds. The molecule has 0 fully saturated rings. The van der Waals surface area contributed by atoms with Gasteiger partial charge in [-0.15, -0.1) is 0 Å². The second-order valence-electron chi connectivity index (χ2n) is 4.77. The van der Waals surface area contributed by atoms with Gasteiger partial charge in [0, 0.05) is 6.07 Å². The van der Waals surface area contributed by atoms with Crippen molar-refractivity contribution in [3.63, 3.8) is 0 Å². The van der Waals surface area contributed by atoms with Gasteiger partial charge in [-0.3, -0.25) is 15.4 Å². The highest BCUT2D eigenvalue weighted by Gasteiger charge is 2.22. The van der Waals surface area contributed by atoms with Gasteiger partial charge in [-0.05, 0) is 32.4 Å². The molecule has 21 heavy (non-hydrogen) atoms. The average molecular weight is 312 g/mol. The minimum Gasteiger partial charge on any atom is -0.486 e. The van der Waals surface area contributed by atoms with Crippen molar-refractivity contribution in [3.8, 4) is 11.8 Å². The Kier molecular flexibility index (Phi) is 6.40. The Morgan fingerprint density at radius 1 is 1.57 bits per heavy atom. The first kappa shape index (κ1) is 17.2. The van der Waals surface area contributed by atoms with Crippen molar-refractivity contribution in [2.45, 2.75) is 32.2 Å². The summed E-state index contributed by atoms with van der Waals surface area (Å²) in [6.45, 7) is 4.70. The van der Waals surface area contributed by atoms with E-state index in [4.69, 9.17) is 21.6 Å². The van der Waals surface area contributed by atoms with Crippen molar-refractivity contribution >= 4 is 17.3 Å². The van der Waals surface area contributed by atoms with Crippen LogP contribution in [0.15, 0.2) is 18.2 Å². The number of nitrogens with one attached hydrogen (secondary N) is 1. The lowest BCUT2D eigenvalue weighted by Gasteiger charge is -2.22. The monoisotopic (exact) mass is 311 g/mol. The molecule has 7 heteroatoms. The summed E-state index contributed by atoms with van der Waals surface area (Å²) in [6.07, 6.45) is 1.16. The SMILES string of the molecule is CCNC(C)(C#N)CCCOc1c(Cl)cccc1[N+](=O)[O-]. The van der Waals surface area contributed by atoms with Crippen molar-refractivity contribution < 1.29 is 9.66 Å². The first-order valence-electron chi connectivity index (χ1n) is 6.65. The molecule has 0 aromatic heterocycles. The summed E-state index contributed by atoms with van der Waals surface area (Å²) in [7, 11) is 0. The van der Waals surface area contributed by atoms with Gasteiger partial charge in [0.15, 0.2) is 0 Å². The molecule has 1 rings (SSSR count). The molecule has 1 atom stereocenters. The van der Waals surface area contributed by atoms with Crippen LogP contribution in [0.4, 0.5) is 5.69 Å². The number of ether oxygens (including phenoxy) is 1. The molecule has 1 aromatic rings. The maximum absolute atomic E-state index is 10.9. The van der Waals surface area contributed by atoms with E-state index in [-0.39, 0.29) is 23.1 Å². The molecule has 0 aliphatic heterocycles. The van der Waals surface area contributed by atoms with Crippen LogP contribution in [-0.4, -0.2) is 23.6 Å². The molecule has 1 aromatic carbocycles. The molecular formula is C14H18ClN3O3. The van der Waals surface area contributed by atoms with Crippen molar-refractivity contribution in [2.24, 2.45) is 0 Å². The molecule has 0 spiro atoms. The van der Waals surface area contributed by atoms with Gasteiger partial charge in [-0.1, -0.05) is 24.6 Å². The van der Waals surface area contributed by atoms with Crippen LogP contribution in [-0.2, 0) is 0 Å². The van der Waals surface area contributed by atoms with Crippen molar-refractivity contribution in [1.29, 1.82) is 5.26 Å². The number of rotatable bonds is 8. The van der Waals surface area contributed by atoms with Crippen LogP contribution in [0, 0.1) is 21.4 Å². The van der Waals surface area contributed by atoms with Gasteiger partial charge in [0.05, 0.1) is 22.6 Å². The van der Waals surface area contributed by atoms with E-state index in [1.165, 1.54) is 12.1 Å². The first-order valence-corrected chi connectivity index (χ1v) is 7.03. The molecule has 6 nitrogen and oxygen atoms in total. The highest BCUT2D eigenvalue weighted by atomic mass is 35.5. The molecule has 0 saturated carbocycles. The molecule has 0 heterocycles. The van der Waals surface area contributed by atoms with E-state index < -0.39 is 10.5 Å². The number of benzene rings is 1. The Hall–Kier alpha value is -1.84. The summed E-state index contributed by atoms with van der Waals surface area (Å²) < 4.78 is 5.44. The van der Waals surface area contributed by atoms with Crippen LogP contribution < -0.4 is 10.1 Å². The summed E-state index contributed by atoms with van der Waals surface area (Å²) in [6, 6.07) is 6.61. The zero-order valence-corrected chi connectivity index (χ0v) is 12.8. The van der Waals surface area contributed by atoms with Crippen LogP contribution in [0.2, 0.25) is 5.02 Å². The van der Waals surface area contributed by atoms with Gasteiger partial charge in [0.25, 0.3) is 0 Å². The lowest BCUT2D eigenvalue weighted by Crippen LogP contribution is -2.40. The summed E-state index contributed by atoms with van der Waals surface area (Å²) in [5.41, 5.74) is -0.776. The Morgan fingerprint density at radius 2 is 2.29 bits per heavy atom. The molecule has 0 bridgehead atoms. The number of hydrogen-bond acceptors (Lipinski definition) is 5. The fourth-order valence-corrected chi connectivity index (χ4v) is 2.18. The van der Waals surface area contributed by atoms with Crippen LogP contribution in [0.25, 0.3) is 0 Å². The summed E-state index contributed by atoms with van der Waals surface area (Å²) >= 11 is 5.93. The summed E-state index contributed by atoms with van der Waals surface area (Å²) in [4.78, 5) is 10.4. The fourth-order valence-electron chi connectivity index (χ4n) is 1.96. The normalized spacial score (nSPS) is 13.2. The van der Waals surface area contributed by atoms with Gasteiger partial charge in [-0.25, -0.2) is 0 Å². The van der Waals surface area contributed by atoms with Crippen molar-refractivity contribution in [2.75, 3.05) is 13.2 Å². The number of hydrogen-bond donors (Lipinski definition) is 1. The summed E-state index contributed by atoms with van der Waals surface area (Å²) in [5.74, 6) is 0.0753. The van der Waals surface area contributed by atoms with Crippen LogP contribution in [0.3, 0.4) is 0 Å². The quantitative estimate of drug-likeness (QED) is 0.452. The topological polar surface area (TPSA) is 88.2 Å². The maximum atomic E-state index is 10.9. The van der Waals surface area contributed by atoms with Crippen molar-refractivity contribution in [3.05, 3.63) is 33.3 Å². The predicted octanol–water partition coefficient (Wildman–Crippen LogP) is 3.30. The van der Waals surface area contributed by atoms with E-state index in [0.717, 1.165) is 0 Å². The average Bonchev–Trinajstić information content (AvgIpc) is 2.45. The molecule has 1 unspecified atom stereocenters. The largest absolute Gasteiger partial charge is 0.486 e. The number of nitrogens with zero attached hydrogens (tertiary/aromatic N) is 2. The first-order chi connectivity index (χ1) is 9.93. The van der Waals surface area contributed by atoms with E-state index in [2.05, 4.69) is 11.4 Å². The lowest BCUT2D eigenvalue weighted by atomic mass is 9.98. The van der Waals surface area contributed by atoms with Crippen LogP contribution in [0.5, 0.6) is 5.75 Å². The second-order valence-corrected chi connectivity index (χ2v) is 5.18. The van der Waals surface area contributed by atoms with Crippen molar-refractivity contribution in [1.82, 2.24) is 5.32 Å². The van der Waals surface area contributed by atoms with E-state index in [9.17, 15) is 10.1 Å². The third-order valence-corrected chi connectivity index (χ3v) is 3.32. The number of nitro groups is 1. The Bertz CT molecular complexity index is 545. The molecule has 1 N–H and O–H groups in total. The zero-order chi connectivity index (χ0) is 15.9. The molecule has 0 aliphatic rings. The van der Waals surface area contributed by atoms with Gasteiger partial charge in [-0.2, -0.15) is 5.26 Å². The molecular weight excluding hydrogens is 294 g/mol. The Balaban J connectivity index is 2.62. The number of nitro benzene ring substituents is 1. The van der Waals surface area contributed by atoms with E-state index >= 15 is 0 Å². The molecule has 114 valence electrons. The van der Waals surface area contributed by atoms with Crippen LogP contribution in [0.1, 0.15) is 26.7 Å².